The minimum absolute atomic E-state index is 0.0608. The molecule has 1 saturated heterocycles. The van der Waals surface area contributed by atoms with Crippen molar-refractivity contribution in [2.75, 3.05) is 27.2 Å². The molecule has 0 saturated carbocycles. The Morgan fingerprint density at radius 3 is 2.50 bits per heavy atom. The van der Waals surface area contributed by atoms with Gasteiger partial charge in [0, 0.05) is 17.6 Å². The summed E-state index contributed by atoms with van der Waals surface area (Å²) in [5.74, 6) is 0. The molecule has 7 heteroatoms. The van der Waals surface area contributed by atoms with E-state index in [1.165, 1.54) is 4.31 Å². The number of likely N-dealkylation sites (tertiary alicyclic amines) is 1. The van der Waals surface area contributed by atoms with Crippen LogP contribution in [0.15, 0.2) is 27.6 Å². The summed E-state index contributed by atoms with van der Waals surface area (Å²) in [6, 6.07) is 4.77. The van der Waals surface area contributed by atoms with Crippen LogP contribution in [0.1, 0.15) is 12.8 Å². The van der Waals surface area contributed by atoms with E-state index in [2.05, 4.69) is 27.9 Å². The molecule has 20 heavy (non-hydrogen) atoms. The predicted octanol–water partition coefficient (Wildman–Crippen LogP) is 2.82. The highest BCUT2D eigenvalue weighted by atomic mass is 79.9. The van der Waals surface area contributed by atoms with Crippen molar-refractivity contribution in [2.45, 2.75) is 23.8 Å². The number of benzene rings is 1. The third-order valence-corrected chi connectivity index (χ3v) is 6.89. The summed E-state index contributed by atoms with van der Waals surface area (Å²) in [4.78, 5) is 2.49. The molecule has 1 aromatic rings. The van der Waals surface area contributed by atoms with Crippen molar-refractivity contribution in [3.05, 3.63) is 27.7 Å². The van der Waals surface area contributed by atoms with Crippen molar-refractivity contribution in [3.8, 4) is 0 Å². The number of rotatable bonds is 3. The van der Waals surface area contributed by atoms with Gasteiger partial charge in [-0.25, -0.2) is 8.42 Å². The Morgan fingerprint density at radius 2 is 1.95 bits per heavy atom. The molecule has 1 fully saturated rings. The molecule has 0 radical (unpaired) electrons. The fraction of sp³-hybridized carbons (Fsp3) is 0.538. The van der Waals surface area contributed by atoms with E-state index in [0.29, 0.717) is 9.50 Å². The van der Waals surface area contributed by atoms with E-state index in [-0.39, 0.29) is 10.9 Å². The van der Waals surface area contributed by atoms with Gasteiger partial charge in [-0.05, 0) is 67.1 Å². The maximum Gasteiger partial charge on any atom is 0.243 e. The average Bonchev–Trinajstić information content (AvgIpc) is 2.41. The molecule has 0 bridgehead atoms. The Balaban J connectivity index is 2.23. The summed E-state index contributed by atoms with van der Waals surface area (Å²) in [5, 5.41) is 0.505. The number of hydrogen-bond donors (Lipinski definition) is 0. The Bertz CT molecular complexity index is 586. The number of sulfonamides is 1. The van der Waals surface area contributed by atoms with Gasteiger partial charge in [0.1, 0.15) is 0 Å². The third-order valence-electron chi connectivity index (χ3n) is 3.77. The highest BCUT2D eigenvalue weighted by Crippen LogP contribution is 2.28. The fourth-order valence-electron chi connectivity index (χ4n) is 2.36. The van der Waals surface area contributed by atoms with Gasteiger partial charge in [0.2, 0.25) is 10.0 Å². The van der Waals surface area contributed by atoms with Crippen LogP contribution in [0.2, 0.25) is 5.02 Å². The lowest BCUT2D eigenvalue weighted by molar-refractivity contribution is 0.197. The van der Waals surface area contributed by atoms with E-state index in [1.54, 1.807) is 25.2 Å². The minimum Gasteiger partial charge on any atom is -0.306 e. The predicted molar refractivity (Wildman–Crippen MR) is 84.6 cm³/mol. The van der Waals surface area contributed by atoms with Crippen LogP contribution < -0.4 is 0 Å². The minimum atomic E-state index is -3.47. The molecule has 1 aliphatic rings. The first-order valence-electron chi connectivity index (χ1n) is 6.44. The molecule has 0 spiro atoms. The Hall–Kier alpha value is -0.140. The monoisotopic (exact) mass is 380 g/mol. The molecule has 112 valence electrons. The molecule has 0 N–H and O–H groups in total. The third kappa shape index (κ3) is 3.36. The normalized spacial score (nSPS) is 18.6. The first-order chi connectivity index (χ1) is 9.32. The molecule has 4 nitrogen and oxygen atoms in total. The van der Waals surface area contributed by atoms with Gasteiger partial charge in [0.25, 0.3) is 0 Å². The van der Waals surface area contributed by atoms with Crippen LogP contribution in [0, 0.1) is 0 Å². The Morgan fingerprint density at radius 1 is 1.35 bits per heavy atom. The molecule has 0 atom stereocenters. The number of hydrogen-bond acceptors (Lipinski definition) is 3. The van der Waals surface area contributed by atoms with Gasteiger partial charge in [-0.3, -0.25) is 0 Å². The van der Waals surface area contributed by atoms with Crippen molar-refractivity contribution in [2.24, 2.45) is 0 Å². The zero-order valence-corrected chi connectivity index (χ0v) is 14.7. The molecule has 0 unspecified atom stereocenters. The van der Waals surface area contributed by atoms with Crippen LogP contribution in [0.25, 0.3) is 0 Å². The van der Waals surface area contributed by atoms with Crippen LogP contribution in [0.5, 0.6) is 0 Å². The van der Waals surface area contributed by atoms with Gasteiger partial charge in [-0.15, -0.1) is 0 Å². The maximum absolute atomic E-state index is 12.6. The second-order valence-electron chi connectivity index (χ2n) is 5.13. The molecular weight excluding hydrogens is 364 g/mol. The van der Waals surface area contributed by atoms with Crippen LogP contribution in [-0.2, 0) is 10.0 Å². The molecule has 0 aliphatic carbocycles. The van der Waals surface area contributed by atoms with Gasteiger partial charge in [0.15, 0.2) is 0 Å². The quantitative estimate of drug-likeness (QED) is 0.808. The summed E-state index contributed by atoms with van der Waals surface area (Å²) in [7, 11) is 0.248. The first-order valence-corrected chi connectivity index (χ1v) is 9.05. The van der Waals surface area contributed by atoms with Crippen LogP contribution in [-0.4, -0.2) is 50.8 Å². The molecule has 1 heterocycles. The van der Waals surface area contributed by atoms with Crippen molar-refractivity contribution in [1.29, 1.82) is 0 Å². The summed E-state index contributed by atoms with van der Waals surface area (Å²) in [5.41, 5.74) is 0. The summed E-state index contributed by atoms with van der Waals surface area (Å²) in [6.07, 6.45) is 1.72. The zero-order chi connectivity index (χ0) is 14.9. The van der Waals surface area contributed by atoms with E-state index in [1.807, 2.05) is 0 Å². The van der Waals surface area contributed by atoms with Gasteiger partial charge in [-0.1, -0.05) is 11.6 Å². The topological polar surface area (TPSA) is 40.6 Å². The van der Waals surface area contributed by atoms with E-state index in [9.17, 15) is 8.42 Å². The average molecular weight is 382 g/mol. The summed E-state index contributed by atoms with van der Waals surface area (Å²) < 4.78 is 27.3. The lowest BCUT2D eigenvalue weighted by Gasteiger charge is -2.34. The van der Waals surface area contributed by atoms with Gasteiger partial charge in [0.05, 0.1) is 9.92 Å². The van der Waals surface area contributed by atoms with Gasteiger partial charge >= 0.3 is 0 Å². The summed E-state index contributed by atoms with van der Waals surface area (Å²) >= 11 is 9.18. The van der Waals surface area contributed by atoms with Crippen molar-refractivity contribution < 1.29 is 8.42 Å². The van der Waals surface area contributed by atoms with Gasteiger partial charge < -0.3 is 4.90 Å². The first kappa shape index (κ1) is 16.2. The lowest BCUT2D eigenvalue weighted by Crippen LogP contribution is -2.44. The molecular formula is C13H18BrClN2O2S. The zero-order valence-electron chi connectivity index (χ0n) is 11.5. The van der Waals surface area contributed by atoms with Crippen LogP contribution in [0.3, 0.4) is 0 Å². The maximum atomic E-state index is 12.6. The largest absolute Gasteiger partial charge is 0.306 e. The molecule has 0 amide bonds. The SMILES string of the molecule is CN1CCC(N(C)S(=O)(=O)c2ccc(Cl)c(Br)c2)CC1. The van der Waals surface area contributed by atoms with Gasteiger partial charge in [-0.2, -0.15) is 4.31 Å². The Kier molecular flexibility index (Phi) is 5.13. The number of halogens is 2. The van der Waals surface area contributed by atoms with Crippen molar-refractivity contribution in [3.63, 3.8) is 0 Å². The Labute approximate surface area is 133 Å². The highest BCUT2D eigenvalue weighted by molar-refractivity contribution is 9.10. The lowest BCUT2D eigenvalue weighted by atomic mass is 10.1. The fourth-order valence-corrected chi connectivity index (χ4v) is 4.45. The summed E-state index contributed by atoms with van der Waals surface area (Å²) in [6.45, 7) is 1.85. The van der Waals surface area contributed by atoms with E-state index in [0.717, 1.165) is 25.9 Å². The number of nitrogens with zero attached hydrogens (tertiary/aromatic N) is 2. The van der Waals surface area contributed by atoms with E-state index >= 15 is 0 Å². The molecule has 0 aromatic heterocycles. The molecule has 1 aromatic carbocycles. The molecule has 2 rings (SSSR count). The van der Waals surface area contributed by atoms with Crippen LogP contribution in [0.4, 0.5) is 0 Å². The second-order valence-corrected chi connectivity index (χ2v) is 8.39. The van der Waals surface area contributed by atoms with E-state index in [4.69, 9.17) is 11.6 Å². The molecule has 1 aliphatic heterocycles. The van der Waals surface area contributed by atoms with E-state index < -0.39 is 10.0 Å². The van der Waals surface area contributed by atoms with Crippen molar-refractivity contribution >= 4 is 37.6 Å². The second kappa shape index (κ2) is 6.32. The smallest absolute Gasteiger partial charge is 0.243 e. The number of piperidine rings is 1. The van der Waals surface area contributed by atoms with Crippen LogP contribution >= 0.6 is 27.5 Å². The van der Waals surface area contributed by atoms with Crippen molar-refractivity contribution in [1.82, 2.24) is 9.21 Å². The highest BCUT2D eigenvalue weighted by Gasteiger charge is 2.30. The standard InChI is InChI=1S/C13H18BrClN2O2S/c1-16-7-5-10(6-8-16)17(2)20(18,19)11-3-4-13(15)12(14)9-11/h3-4,9-10H,5-8H2,1-2H3.